The molecule has 138 valence electrons. The summed E-state index contributed by atoms with van der Waals surface area (Å²) in [5.41, 5.74) is 2.70. The van der Waals surface area contributed by atoms with Crippen molar-refractivity contribution in [3.05, 3.63) is 77.6 Å². The van der Waals surface area contributed by atoms with E-state index < -0.39 is 5.97 Å². The van der Waals surface area contributed by atoms with Crippen molar-refractivity contribution in [3.63, 3.8) is 0 Å². The van der Waals surface area contributed by atoms with E-state index >= 15 is 0 Å². The van der Waals surface area contributed by atoms with Gasteiger partial charge in [0.2, 0.25) is 0 Å². The molecule has 1 aliphatic heterocycles. The molecule has 0 bridgehead atoms. The van der Waals surface area contributed by atoms with Gasteiger partial charge in [0, 0.05) is 5.56 Å². The first-order chi connectivity index (χ1) is 13.1. The van der Waals surface area contributed by atoms with Gasteiger partial charge in [0.25, 0.3) is 5.91 Å². The zero-order valence-electron chi connectivity index (χ0n) is 15.2. The van der Waals surface area contributed by atoms with Gasteiger partial charge >= 0.3 is 5.97 Å². The molecule has 1 aliphatic rings. The van der Waals surface area contributed by atoms with Crippen molar-refractivity contribution in [1.82, 2.24) is 0 Å². The van der Waals surface area contributed by atoms with Crippen LogP contribution in [0.3, 0.4) is 0 Å². The summed E-state index contributed by atoms with van der Waals surface area (Å²) in [6.07, 6.45) is 1.20. The number of fused-ring (bicyclic) bond motifs is 1. The topological polar surface area (TPSA) is 68.2 Å². The first-order valence-corrected chi connectivity index (χ1v) is 8.65. The highest BCUT2D eigenvalue weighted by atomic mass is 16.6. The number of carbonyl (C=O) groups excluding carboxylic acids is 2. The molecule has 0 unspecified atom stereocenters. The Morgan fingerprint density at radius 3 is 2.56 bits per heavy atom. The molecule has 1 amide bonds. The summed E-state index contributed by atoms with van der Waals surface area (Å²) in [5.74, 6) is -0.518. The van der Waals surface area contributed by atoms with Crippen LogP contribution in [0.15, 0.2) is 71.6 Å². The third-order valence-electron chi connectivity index (χ3n) is 3.97. The second-order valence-electron chi connectivity index (χ2n) is 5.93. The van der Waals surface area contributed by atoms with E-state index in [0.717, 1.165) is 11.3 Å². The van der Waals surface area contributed by atoms with E-state index in [4.69, 9.17) is 9.57 Å². The monoisotopic (exact) mass is 364 g/mol. The number of hydrogen-bond donors (Lipinski definition) is 0. The van der Waals surface area contributed by atoms with Gasteiger partial charge in [0.1, 0.15) is 5.76 Å². The largest absolute Gasteiger partial charge is 0.463 e. The SMILES string of the molecule is CCOC(=O)/C=C(\C)O/N=C1/C(=O)N(Cc2ccccc2)c2ccccc21. The fraction of sp³-hybridized carbons (Fsp3) is 0.190. The maximum Gasteiger partial charge on any atom is 0.334 e. The third-order valence-corrected chi connectivity index (χ3v) is 3.97. The Morgan fingerprint density at radius 2 is 1.81 bits per heavy atom. The average molecular weight is 364 g/mol. The molecule has 0 saturated carbocycles. The van der Waals surface area contributed by atoms with Gasteiger partial charge in [-0.05, 0) is 25.5 Å². The molecule has 1 heterocycles. The van der Waals surface area contributed by atoms with Gasteiger partial charge < -0.3 is 14.5 Å². The Morgan fingerprint density at radius 1 is 1.11 bits per heavy atom. The Hall–Kier alpha value is -3.41. The third kappa shape index (κ3) is 4.23. The van der Waals surface area contributed by atoms with Crippen LogP contribution < -0.4 is 4.90 Å². The summed E-state index contributed by atoms with van der Waals surface area (Å²) in [7, 11) is 0. The van der Waals surface area contributed by atoms with Gasteiger partial charge in [-0.15, -0.1) is 0 Å². The fourth-order valence-electron chi connectivity index (χ4n) is 2.77. The van der Waals surface area contributed by atoms with E-state index in [0.29, 0.717) is 12.1 Å². The molecule has 2 aromatic carbocycles. The lowest BCUT2D eigenvalue weighted by molar-refractivity contribution is -0.137. The number of hydrogen-bond acceptors (Lipinski definition) is 5. The molecule has 27 heavy (non-hydrogen) atoms. The maximum atomic E-state index is 12.9. The minimum absolute atomic E-state index is 0.207. The van der Waals surface area contributed by atoms with Gasteiger partial charge in [-0.25, -0.2) is 4.79 Å². The number of carbonyl (C=O) groups is 2. The molecule has 0 aliphatic carbocycles. The number of amides is 1. The first kappa shape index (κ1) is 18.4. The molecule has 0 aromatic heterocycles. The first-order valence-electron chi connectivity index (χ1n) is 8.65. The molecule has 3 rings (SSSR count). The number of oxime groups is 1. The smallest absolute Gasteiger partial charge is 0.334 e. The van der Waals surface area contributed by atoms with Crippen molar-refractivity contribution in [2.45, 2.75) is 20.4 Å². The highest BCUT2D eigenvalue weighted by Crippen LogP contribution is 2.30. The predicted molar refractivity (Wildman–Crippen MR) is 102 cm³/mol. The number of allylic oxidation sites excluding steroid dienone is 1. The molecule has 2 aromatic rings. The van der Waals surface area contributed by atoms with Crippen molar-refractivity contribution in [2.75, 3.05) is 11.5 Å². The molecule has 0 fully saturated rings. The van der Waals surface area contributed by atoms with Gasteiger partial charge in [-0.1, -0.05) is 53.7 Å². The highest BCUT2D eigenvalue weighted by molar-refractivity contribution is 6.54. The minimum Gasteiger partial charge on any atom is -0.463 e. The van der Waals surface area contributed by atoms with Crippen LogP contribution in [0.5, 0.6) is 0 Å². The van der Waals surface area contributed by atoms with Crippen LogP contribution in [0, 0.1) is 0 Å². The number of anilines is 1. The zero-order valence-corrected chi connectivity index (χ0v) is 15.2. The van der Waals surface area contributed by atoms with Crippen molar-refractivity contribution >= 4 is 23.3 Å². The van der Waals surface area contributed by atoms with E-state index in [1.807, 2.05) is 54.6 Å². The van der Waals surface area contributed by atoms with Gasteiger partial charge in [-0.2, -0.15) is 0 Å². The van der Waals surface area contributed by atoms with Crippen molar-refractivity contribution in [2.24, 2.45) is 5.16 Å². The molecule has 0 N–H and O–H groups in total. The number of nitrogens with zero attached hydrogens (tertiary/aromatic N) is 2. The maximum absolute atomic E-state index is 12.9. The molecule has 6 heteroatoms. The van der Waals surface area contributed by atoms with Gasteiger partial charge in [0.15, 0.2) is 5.71 Å². The molecular formula is C21H20N2O4. The molecule has 0 atom stereocenters. The van der Waals surface area contributed by atoms with E-state index in [9.17, 15) is 9.59 Å². The normalized spacial score (nSPS) is 15.0. The Balaban J connectivity index is 1.84. The molecular weight excluding hydrogens is 344 g/mol. The number of ether oxygens (including phenoxy) is 1. The lowest BCUT2D eigenvalue weighted by atomic mass is 10.1. The highest BCUT2D eigenvalue weighted by Gasteiger charge is 2.34. The van der Waals surface area contributed by atoms with Crippen molar-refractivity contribution < 1.29 is 19.2 Å². The van der Waals surface area contributed by atoms with Crippen LogP contribution in [-0.4, -0.2) is 24.2 Å². The van der Waals surface area contributed by atoms with Gasteiger partial charge in [0.05, 0.1) is 24.9 Å². The predicted octanol–water partition coefficient (Wildman–Crippen LogP) is 3.42. The molecule has 0 radical (unpaired) electrons. The second-order valence-corrected chi connectivity index (χ2v) is 5.93. The van der Waals surface area contributed by atoms with Crippen molar-refractivity contribution in [3.8, 4) is 0 Å². The lowest BCUT2D eigenvalue weighted by Gasteiger charge is -2.16. The summed E-state index contributed by atoms with van der Waals surface area (Å²) in [6, 6.07) is 17.1. The number of para-hydroxylation sites is 1. The van der Waals surface area contributed by atoms with Crippen LogP contribution in [0.25, 0.3) is 0 Å². The Kier molecular flexibility index (Phi) is 5.66. The quantitative estimate of drug-likeness (QED) is 0.341. The van der Waals surface area contributed by atoms with E-state index in [-0.39, 0.29) is 24.0 Å². The number of esters is 1. The van der Waals surface area contributed by atoms with Crippen LogP contribution >= 0.6 is 0 Å². The summed E-state index contributed by atoms with van der Waals surface area (Å²) in [6.45, 7) is 4.01. The van der Waals surface area contributed by atoms with Crippen LogP contribution in [0.2, 0.25) is 0 Å². The minimum atomic E-state index is -0.515. The number of rotatable bonds is 6. The van der Waals surface area contributed by atoms with Gasteiger partial charge in [-0.3, -0.25) is 4.79 Å². The summed E-state index contributed by atoms with van der Waals surface area (Å²) < 4.78 is 4.83. The van der Waals surface area contributed by atoms with Crippen LogP contribution in [0.4, 0.5) is 5.69 Å². The second kappa shape index (κ2) is 8.31. The Labute approximate surface area is 157 Å². The van der Waals surface area contributed by atoms with E-state index in [1.54, 1.807) is 18.7 Å². The standard InChI is InChI=1S/C21H20N2O4/c1-3-26-19(24)13-15(2)27-22-20-17-11-7-8-12-18(17)23(21(20)25)14-16-9-5-4-6-10-16/h4-13H,3,14H2,1-2H3/b15-13+,22-20+. The fourth-order valence-corrected chi connectivity index (χ4v) is 2.77. The van der Waals surface area contributed by atoms with Crippen LogP contribution in [0.1, 0.15) is 25.0 Å². The summed E-state index contributed by atoms with van der Waals surface area (Å²) >= 11 is 0. The number of benzene rings is 2. The average Bonchev–Trinajstić information content (AvgIpc) is 2.93. The summed E-state index contributed by atoms with van der Waals surface area (Å²) in [4.78, 5) is 31.3. The zero-order chi connectivity index (χ0) is 19.2. The lowest BCUT2D eigenvalue weighted by Crippen LogP contribution is -2.29. The van der Waals surface area contributed by atoms with Crippen molar-refractivity contribution in [1.29, 1.82) is 0 Å². The Bertz CT molecular complexity index is 903. The molecule has 0 spiro atoms. The van der Waals surface area contributed by atoms with Crippen LogP contribution in [-0.2, 0) is 25.7 Å². The molecule has 6 nitrogen and oxygen atoms in total. The molecule has 0 saturated heterocycles. The van der Waals surface area contributed by atoms with E-state index in [2.05, 4.69) is 5.16 Å². The van der Waals surface area contributed by atoms with E-state index in [1.165, 1.54) is 6.08 Å². The summed E-state index contributed by atoms with van der Waals surface area (Å²) in [5, 5.41) is 4.00.